The maximum absolute atomic E-state index is 13.2. The molecule has 3 heterocycles. The second kappa shape index (κ2) is 8.00. The van der Waals surface area contributed by atoms with E-state index < -0.39 is 17.7 Å². The first kappa shape index (κ1) is 19.2. The molecule has 142 valence electrons. The minimum absolute atomic E-state index is 0.122. The number of hydrogen-bond acceptors (Lipinski definition) is 6. The maximum Gasteiger partial charge on any atom is 0.290 e. The van der Waals surface area contributed by atoms with Gasteiger partial charge in [0.05, 0.1) is 27.2 Å². The van der Waals surface area contributed by atoms with Crippen molar-refractivity contribution in [2.24, 2.45) is 0 Å². The minimum atomic E-state index is -0.627. The second-order valence-electron chi connectivity index (χ2n) is 6.63. The monoisotopic (exact) mass is 385 g/mol. The number of Topliss-reactive ketones (excluding diaryl/α,β-unsaturated/α-hetero) is 1. The smallest absolute Gasteiger partial charge is 0.290 e. The van der Waals surface area contributed by atoms with Gasteiger partial charge >= 0.3 is 0 Å². The lowest BCUT2D eigenvalue weighted by Gasteiger charge is -2.26. The first-order chi connectivity index (χ1) is 13.0. The molecule has 3 rings (SSSR count). The van der Waals surface area contributed by atoms with Crippen molar-refractivity contribution in [3.05, 3.63) is 57.0 Å². The normalized spacial score (nSPS) is 17.1. The molecule has 0 radical (unpaired) electrons. The van der Waals surface area contributed by atoms with Gasteiger partial charge in [-0.3, -0.25) is 14.6 Å². The lowest BCUT2D eigenvalue weighted by atomic mass is 9.96. The molecule has 1 N–H and O–H groups in total. The Kier molecular flexibility index (Phi) is 5.70. The highest BCUT2D eigenvalue weighted by atomic mass is 32.1. The molecule has 1 aliphatic heterocycles. The summed E-state index contributed by atoms with van der Waals surface area (Å²) in [7, 11) is 0. The second-order valence-corrected chi connectivity index (χ2v) is 7.84. The zero-order valence-electron chi connectivity index (χ0n) is 15.7. The fraction of sp³-hybridized carbons (Fsp3) is 0.400. The predicted octanol–water partition coefficient (Wildman–Crippen LogP) is 3.92. The van der Waals surface area contributed by atoms with Crippen LogP contribution in [0.1, 0.15) is 58.2 Å². The lowest BCUT2D eigenvalue weighted by Crippen LogP contribution is -2.32. The molecule has 2 aromatic heterocycles. The summed E-state index contributed by atoms with van der Waals surface area (Å²) in [6.07, 6.45) is 6.09. The average molecular weight is 385 g/mol. The molecular formula is C20H23N3O3S. The number of unbranched alkanes of at least 4 members (excludes halogenated alkanes) is 2. The topological polar surface area (TPSA) is 83.4 Å². The summed E-state index contributed by atoms with van der Waals surface area (Å²) in [5, 5.41) is 11.4. The zero-order chi connectivity index (χ0) is 19.6. The van der Waals surface area contributed by atoms with E-state index >= 15 is 0 Å². The maximum atomic E-state index is 13.2. The molecule has 0 fully saturated rings. The fourth-order valence-electron chi connectivity index (χ4n) is 3.40. The molecule has 2 aromatic rings. The van der Waals surface area contributed by atoms with Crippen molar-refractivity contribution in [3.8, 4) is 0 Å². The molecular weight excluding hydrogens is 362 g/mol. The molecule has 0 saturated heterocycles. The van der Waals surface area contributed by atoms with Gasteiger partial charge in [-0.05, 0) is 31.9 Å². The van der Waals surface area contributed by atoms with E-state index in [0.29, 0.717) is 22.7 Å². The fourth-order valence-corrected chi connectivity index (χ4v) is 4.27. The van der Waals surface area contributed by atoms with Crippen LogP contribution in [0.15, 0.2) is 35.9 Å². The molecule has 0 saturated carbocycles. The standard InChI is InChI=1S/C20H23N3O3S/c1-4-5-6-10-23-16(14-8-7-9-21-11-14)15(18(25)20(23)26)17(24)19-12(2)22-13(3)27-19/h7-9,11,16,25H,4-6,10H2,1-3H3. The van der Waals surface area contributed by atoms with Gasteiger partial charge in [0.1, 0.15) is 0 Å². The van der Waals surface area contributed by atoms with Crippen LogP contribution < -0.4 is 0 Å². The number of amides is 1. The van der Waals surface area contributed by atoms with E-state index in [0.717, 1.165) is 24.3 Å². The van der Waals surface area contributed by atoms with E-state index in [4.69, 9.17) is 0 Å². The van der Waals surface area contributed by atoms with Crippen molar-refractivity contribution < 1.29 is 14.7 Å². The number of carbonyl (C=O) groups is 2. The van der Waals surface area contributed by atoms with Crippen molar-refractivity contribution in [1.82, 2.24) is 14.9 Å². The molecule has 1 aliphatic rings. The molecule has 0 bridgehead atoms. The minimum Gasteiger partial charge on any atom is -0.503 e. The van der Waals surface area contributed by atoms with Gasteiger partial charge in [0.2, 0.25) is 5.78 Å². The van der Waals surface area contributed by atoms with Gasteiger partial charge in [-0.25, -0.2) is 4.98 Å². The number of nitrogens with zero attached hydrogens (tertiary/aromatic N) is 3. The Morgan fingerprint density at radius 2 is 2.11 bits per heavy atom. The lowest BCUT2D eigenvalue weighted by molar-refractivity contribution is -0.129. The number of pyridine rings is 1. The zero-order valence-corrected chi connectivity index (χ0v) is 16.5. The molecule has 27 heavy (non-hydrogen) atoms. The largest absolute Gasteiger partial charge is 0.503 e. The van der Waals surface area contributed by atoms with Crippen LogP contribution in [0.5, 0.6) is 0 Å². The van der Waals surface area contributed by atoms with E-state index in [1.54, 1.807) is 30.3 Å². The number of aryl methyl sites for hydroxylation is 2. The van der Waals surface area contributed by atoms with Crippen LogP contribution in [0.4, 0.5) is 0 Å². The van der Waals surface area contributed by atoms with Gasteiger partial charge in [0.15, 0.2) is 5.76 Å². The summed E-state index contributed by atoms with van der Waals surface area (Å²) in [5.41, 5.74) is 1.45. The van der Waals surface area contributed by atoms with Crippen LogP contribution in [-0.2, 0) is 4.79 Å². The first-order valence-corrected chi connectivity index (χ1v) is 9.90. The highest BCUT2D eigenvalue weighted by Gasteiger charge is 2.44. The van der Waals surface area contributed by atoms with Crippen LogP contribution in [0.3, 0.4) is 0 Å². The van der Waals surface area contributed by atoms with Crippen molar-refractivity contribution in [1.29, 1.82) is 0 Å². The molecule has 1 unspecified atom stereocenters. The van der Waals surface area contributed by atoms with Crippen molar-refractivity contribution in [2.45, 2.75) is 46.1 Å². The number of ketones is 1. The summed E-state index contributed by atoms with van der Waals surface area (Å²) in [5.74, 6) is -1.30. The number of aliphatic hydroxyl groups is 1. The molecule has 0 spiro atoms. The predicted molar refractivity (Wildman–Crippen MR) is 104 cm³/mol. The van der Waals surface area contributed by atoms with E-state index in [1.165, 1.54) is 11.3 Å². The van der Waals surface area contributed by atoms with Gasteiger partial charge in [-0.2, -0.15) is 0 Å². The summed E-state index contributed by atoms with van der Waals surface area (Å²) >= 11 is 1.28. The summed E-state index contributed by atoms with van der Waals surface area (Å²) < 4.78 is 0. The Balaban J connectivity index is 2.04. The van der Waals surface area contributed by atoms with E-state index in [9.17, 15) is 14.7 Å². The number of rotatable bonds is 7. The third-order valence-electron chi connectivity index (χ3n) is 4.66. The summed E-state index contributed by atoms with van der Waals surface area (Å²) in [6.45, 7) is 6.17. The Hall–Kier alpha value is -2.54. The third kappa shape index (κ3) is 3.64. The molecule has 7 heteroatoms. The van der Waals surface area contributed by atoms with Crippen LogP contribution in [0.25, 0.3) is 0 Å². The molecule has 0 aliphatic carbocycles. The average Bonchev–Trinajstić information content (AvgIpc) is 3.12. The summed E-state index contributed by atoms with van der Waals surface area (Å²) in [4.78, 5) is 36.5. The van der Waals surface area contributed by atoms with Crippen molar-refractivity contribution >= 4 is 23.0 Å². The highest BCUT2D eigenvalue weighted by molar-refractivity contribution is 7.14. The molecule has 6 nitrogen and oxygen atoms in total. The van der Waals surface area contributed by atoms with Crippen molar-refractivity contribution in [3.63, 3.8) is 0 Å². The summed E-state index contributed by atoms with van der Waals surface area (Å²) in [6, 6.07) is 2.97. The Bertz CT molecular complexity index is 889. The van der Waals surface area contributed by atoms with E-state index in [1.807, 2.05) is 13.0 Å². The molecule has 1 amide bonds. The van der Waals surface area contributed by atoms with Gasteiger partial charge in [-0.15, -0.1) is 11.3 Å². The quantitative estimate of drug-likeness (QED) is 0.577. The van der Waals surface area contributed by atoms with Crippen LogP contribution in [0, 0.1) is 13.8 Å². The number of hydrogen-bond donors (Lipinski definition) is 1. The van der Waals surface area contributed by atoms with Gasteiger partial charge in [0.25, 0.3) is 5.91 Å². The number of thiazole rings is 1. The van der Waals surface area contributed by atoms with Gasteiger partial charge in [-0.1, -0.05) is 25.8 Å². The van der Waals surface area contributed by atoms with E-state index in [2.05, 4.69) is 16.9 Å². The first-order valence-electron chi connectivity index (χ1n) is 9.08. The third-order valence-corrected chi connectivity index (χ3v) is 5.73. The number of carbonyl (C=O) groups excluding carboxylic acids is 2. The number of aliphatic hydroxyl groups excluding tert-OH is 1. The van der Waals surface area contributed by atoms with Crippen molar-refractivity contribution in [2.75, 3.05) is 6.54 Å². The Morgan fingerprint density at radius 1 is 1.33 bits per heavy atom. The number of aromatic nitrogens is 2. The van der Waals surface area contributed by atoms with E-state index in [-0.39, 0.29) is 11.4 Å². The van der Waals surface area contributed by atoms with Crippen LogP contribution >= 0.6 is 11.3 Å². The molecule has 0 aromatic carbocycles. The SMILES string of the molecule is CCCCCN1C(=O)C(O)=C(C(=O)c2sc(C)nc2C)C1c1cccnc1. The molecule has 1 atom stereocenters. The van der Waals surface area contributed by atoms with Gasteiger partial charge < -0.3 is 10.0 Å². The Labute approximate surface area is 162 Å². The van der Waals surface area contributed by atoms with Crippen LogP contribution in [0.2, 0.25) is 0 Å². The highest BCUT2D eigenvalue weighted by Crippen LogP contribution is 2.39. The van der Waals surface area contributed by atoms with Gasteiger partial charge in [0, 0.05) is 18.9 Å². The Morgan fingerprint density at radius 3 is 2.70 bits per heavy atom. The van der Waals surface area contributed by atoms with Crippen LogP contribution in [-0.4, -0.2) is 38.2 Å².